The van der Waals surface area contributed by atoms with Crippen molar-refractivity contribution in [2.24, 2.45) is 11.8 Å². The van der Waals surface area contributed by atoms with Crippen molar-refractivity contribution in [3.05, 3.63) is 0 Å². The first-order valence-electron chi connectivity index (χ1n) is 4.07. The molecule has 0 aliphatic carbocycles. The molecule has 11 heavy (non-hydrogen) atoms. The van der Waals surface area contributed by atoms with E-state index >= 15 is 0 Å². The highest BCUT2D eigenvalue weighted by Crippen LogP contribution is 2.20. The summed E-state index contributed by atoms with van der Waals surface area (Å²) >= 11 is 0. The van der Waals surface area contributed by atoms with Gasteiger partial charge in [-0.1, -0.05) is 6.92 Å². The zero-order valence-electron chi connectivity index (χ0n) is 7.00. The molecule has 64 valence electrons. The van der Waals surface area contributed by atoms with Crippen LogP contribution in [0.2, 0.25) is 0 Å². The summed E-state index contributed by atoms with van der Waals surface area (Å²) in [5, 5.41) is 11.9. The molecule has 1 saturated heterocycles. The Bertz CT molecular complexity index is 158. The molecule has 1 aliphatic heterocycles. The van der Waals surface area contributed by atoms with E-state index in [0.29, 0.717) is 18.5 Å². The standard InChI is InChI=1S/C8H15NO2/c1-5-3-7(8(10)11)4-9-6(5)2/h5-7,9H,3-4H2,1-2H3,(H,10,11)/t5-,6-,7+/m0/s1. The Hall–Kier alpha value is -0.570. The van der Waals surface area contributed by atoms with Crippen LogP contribution in [0.3, 0.4) is 0 Å². The van der Waals surface area contributed by atoms with Gasteiger partial charge in [-0.15, -0.1) is 0 Å². The van der Waals surface area contributed by atoms with Gasteiger partial charge in [0.05, 0.1) is 5.92 Å². The van der Waals surface area contributed by atoms with E-state index in [1.807, 2.05) is 0 Å². The summed E-state index contributed by atoms with van der Waals surface area (Å²) in [6, 6.07) is 0.464. The second-order valence-electron chi connectivity index (χ2n) is 3.45. The van der Waals surface area contributed by atoms with Crippen molar-refractivity contribution in [1.29, 1.82) is 0 Å². The number of aliphatic carboxylic acids is 1. The van der Waals surface area contributed by atoms with Crippen LogP contribution in [-0.2, 0) is 4.79 Å². The lowest BCUT2D eigenvalue weighted by molar-refractivity contribution is -0.143. The van der Waals surface area contributed by atoms with Gasteiger partial charge in [0, 0.05) is 12.6 Å². The normalized spacial score (nSPS) is 38.5. The topological polar surface area (TPSA) is 49.3 Å². The zero-order valence-corrected chi connectivity index (χ0v) is 7.00. The van der Waals surface area contributed by atoms with Crippen LogP contribution >= 0.6 is 0 Å². The van der Waals surface area contributed by atoms with Gasteiger partial charge < -0.3 is 10.4 Å². The molecule has 1 heterocycles. The number of hydrogen-bond acceptors (Lipinski definition) is 2. The molecular formula is C8H15NO2. The molecule has 0 radical (unpaired) electrons. The molecule has 1 fully saturated rings. The quantitative estimate of drug-likeness (QED) is 0.589. The SMILES string of the molecule is C[C@@H]1NC[C@H](C(=O)O)C[C@@H]1C. The average molecular weight is 157 g/mol. The van der Waals surface area contributed by atoms with E-state index in [1.165, 1.54) is 0 Å². The smallest absolute Gasteiger partial charge is 0.307 e. The van der Waals surface area contributed by atoms with Gasteiger partial charge in [-0.25, -0.2) is 0 Å². The number of rotatable bonds is 1. The van der Waals surface area contributed by atoms with Crippen molar-refractivity contribution in [1.82, 2.24) is 5.32 Å². The lowest BCUT2D eigenvalue weighted by Crippen LogP contribution is -2.44. The van der Waals surface area contributed by atoms with E-state index < -0.39 is 5.97 Å². The van der Waals surface area contributed by atoms with Crippen molar-refractivity contribution >= 4 is 5.97 Å². The molecule has 0 unspecified atom stereocenters. The maximum absolute atomic E-state index is 10.6. The minimum Gasteiger partial charge on any atom is -0.481 e. The maximum Gasteiger partial charge on any atom is 0.307 e. The average Bonchev–Trinajstić information content (AvgIpc) is 1.94. The molecular weight excluding hydrogens is 142 g/mol. The molecule has 0 saturated carbocycles. The van der Waals surface area contributed by atoms with Gasteiger partial charge in [-0.2, -0.15) is 0 Å². The minimum absolute atomic E-state index is 0.179. The summed E-state index contributed by atoms with van der Waals surface area (Å²) in [5.41, 5.74) is 0. The highest BCUT2D eigenvalue weighted by atomic mass is 16.4. The summed E-state index contributed by atoms with van der Waals surface area (Å²) in [6.07, 6.45) is 0.809. The second-order valence-corrected chi connectivity index (χ2v) is 3.45. The molecule has 3 atom stereocenters. The van der Waals surface area contributed by atoms with Gasteiger partial charge in [-0.3, -0.25) is 4.79 Å². The van der Waals surface area contributed by atoms with Gasteiger partial charge in [-0.05, 0) is 19.3 Å². The number of hydrogen-bond donors (Lipinski definition) is 2. The van der Waals surface area contributed by atoms with E-state index in [9.17, 15) is 4.79 Å². The molecule has 1 rings (SSSR count). The first kappa shape index (κ1) is 8.53. The zero-order chi connectivity index (χ0) is 8.43. The number of carbonyl (C=O) groups is 1. The number of piperidine rings is 1. The molecule has 0 amide bonds. The molecule has 0 aromatic carbocycles. The van der Waals surface area contributed by atoms with Crippen LogP contribution in [0.15, 0.2) is 0 Å². The van der Waals surface area contributed by atoms with Crippen LogP contribution in [0.5, 0.6) is 0 Å². The predicted octanol–water partition coefficient (Wildman–Crippen LogP) is 0.705. The first-order valence-corrected chi connectivity index (χ1v) is 4.07. The van der Waals surface area contributed by atoms with Gasteiger partial charge in [0.2, 0.25) is 0 Å². The fourth-order valence-corrected chi connectivity index (χ4v) is 1.45. The molecule has 3 nitrogen and oxygen atoms in total. The number of carboxylic acids is 1. The lowest BCUT2D eigenvalue weighted by Gasteiger charge is -2.30. The van der Waals surface area contributed by atoms with Crippen molar-refractivity contribution in [2.75, 3.05) is 6.54 Å². The Morgan fingerprint density at radius 2 is 2.18 bits per heavy atom. The molecule has 0 aromatic rings. The van der Waals surface area contributed by atoms with Crippen LogP contribution in [0, 0.1) is 11.8 Å². The summed E-state index contributed by atoms with van der Waals surface area (Å²) in [5.74, 6) is -0.373. The van der Waals surface area contributed by atoms with Crippen LogP contribution in [-0.4, -0.2) is 23.7 Å². The first-order chi connectivity index (χ1) is 5.11. The summed E-state index contributed by atoms with van der Waals surface area (Å²) < 4.78 is 0. The Morgan fingerprint density at radius 3 is 2.64 bits per heavy atom. The van der Waals surface area contributed by atoms with Crippen molar-refractivity contribution < 1.29 is 9.90 Å². The van der Waals surface area contributed by atoms with Crippen LogP contribution in [0.1, 0.15) is 20.3 Å². The molecule has 0 bridgehead atoms. The number of nitrogens with one attached hydrogen (secondary N) is 1. The fraction of sp³-hybridized carbons (Fsp3) is 0.875. The van der Waals surface area contributed by atoms with Gasteiger partial charge in [0.15, 0.2) is 0 Å². The highest BCUT2D eigenvalue weighted by molar-refractivity contribution is 5.70. The predicted molar refractivity (Wildman–Crippen MR) is 42.4 cm³/mol. The van der Waals surface area contributed by atoms with Crippen LogP contribution in [0.25, 0.3) is 0 Å². The van der Waals surface area contributed by atoms with E-state index in [2.05, 4.69) is 19.2 Å². The van der Waals surface area contributed by atoms with E-state index in [1.54, 1.807) is 0 Å². The lowest BCUT2D eigenvalue weighted by atomic mass is 9.87. The largest absolute Gasteiger partial charge is 0.481 e. The summed E-state index contributed by atoms with van der Waals surface area (Å²) in [6.45, 7) is 4.82. The summed E-state index contributed by atoms with van der Waals surface area (Å²) in [7, 11) is 0. The minimum atomic E-state index is -0.670. The third-order valence-electron chi connectivity index (χ3n) is 2.55. The maximum atomic E-state index is 10.6. The Kier molecular flexibility index (Phi) is 2.49. The Labute approximate surface area is 66.8 Å². The third-order valence-corrected chi connectivity index (χ3v) is 2.55. The van der Waals surface area contributed by atoms with Gasteiger partial charge in [0.25, 0.3) is 0 Å². The second kappa shape index (κ2) is 3.22. The molecule has 0 aromatic heterocycles. The van der Waals surface area contributed by atoms with Gasteiger partial charge in [0.1, 0.15) is 0 Å². The Morgan fingerprint density at radius 1 is 1.55 bits per heavy atom. The fourth-order valence-electron chi connectivity index (χ4n) is 1.45. The van der Waals surface area contributed by atoms with Gasteiger partial charge >= 0.3 is 5.97 Å². The monoisotopic (exact) mass is 157 g/mol. The van der Waals surface area contributed by atoms with Crippen molar-refractivity contribution in [3.63, 3.8) is 0 Å². The molecule has 1 aliphatic rings. The van der Waals surface area contributed by atoms with Crippen molar-refractivity contribution in [2.45, 2.75) is 26.3 Å². The van der Waals surface area contributed by atoms with Crippen LogP contribution in [0.4, 0.5) is 0 Å². The van der Waals surface area contributed by atoms with E-state index in [0.717, 1.165) is 6.42 Å². The van der Waals surface area contributed by atoms with Crippen LogP contribution < -0.4 is 5.32 Å². The third kappa shape index (κ3) is 1.93. The molecule has 2 N–H and O–H groups in total. The van der Waals surface area contributed by atoms with E-state index in [4.69, 9.17) is 5.11 Å². The van der Waals surface area contributed by atoms with E-state index in [-0.39, 0.29) is 5.92 Å². The highest BCUT2D eigenvalue weighted by Gasteiger charge is 2.28. The Balaban J connectivity index is 2.46. The summed E-state index contributed by atoms with van der Waals surface area (Å²) in [4.78, 5) is 10.6. The number of carboxylic acid groups (broad SMARTS) is 1. The van der Waals surface area contributed by atoms with Crippen molar-refractivity contribution in [3.8, 4) is 0 Å². The molecule has 3 heteroatoms. The molecule has 0 spiro atoms.